The highest BCUT2D eigenvalue weighted by atomic mass is 35.5. The van der Waals surface area contributed by atoms with Crippen molar-refractivity contribution in [2.45, 2.75) is 83.3 Å². The second kappa shape index (κ2) is 13.5. The molecule has 0 aliphatic carbocycles. The fraction of sp³-hybridized carbons (Fsp3) is 0.514. The standard InChI is InChI=1S/C37H41ClF3N7O3S/c1-19-16-48(20(2)15-46(19)6)32-23-12-25(38)28(29(41)30(23)43-34(44-32)50-18-37-10-7-11-47(37)17-21(39)13-37)22-8-9-26(40)31-27(22)24(14-42)33(52-31)45-35(49)51-36(3,4)5/h8-9,12,19-21H,7,10-11,13,15-18H2,1-6H3,(H,45,49)/t19-,20+,21-,37+/m1/s1. The van der Waals surface area contributed by atoms with Crippen LogP contribution in [-0.4, -0.2) is 95.1 Å². The molecule has 3 saturated heterocycles. The van der Waals surface area contributed by atoms with E-state index in [1.807, 2.05) is 0 Å². The minimum atomic E-state index is -0.949. The third kappa shape index (κ3) is 6.50. The average Bonchev–Trinajstić information content (AvgIpc) is 3.72. The van der Waals surface area contributed by atoms with Gasteiger partial charge in [-0.15, -0.1) is 11.3 Å². The number of carbonyl (C=O) groups is 1. The highest BCUT2D eigenvalue weighted by molar-refractivity contribution is 7.23. The molecule has 2 aromatic carbocycles. The summed E-state index contributed by atoms with van der Waals surface area (Å²) in [6, 6.07) is 6.31. The maximum Gasteiger partial charge on any atom is 0.412 e. The number of benzene rings is 2. The number of anilines is 2. The van der Waals surface area contributed by atoms with Gasteiger partial charge in [-0.3, -0.25) is 15.1 Å². The van der Waals surface area contributed by atoms with Crippen molar-refractivity contribution in [3.8, 4) is 23.2 Å². The first kappa shape index (κ1) is 36.5. The zero-order valence-electron chi connectivity index (χ0n) is 29.9. The zero-order valence-corrected chi connectivity index (χ0v) is 31.5. The minimum Gasteiger partial charge on any atom is -0.461 e. The predicted molar refractivity (Wildman–Crippen MR) is 197 cm³/mol. The number of aromatic nitrogens is 2. The smallest absolute Gasteiger partial charge is 0.412 e. The number of likely N-dealkylation sites (N-methyl/N-ethyl adjacent to an activating group) is 1. The molecule has 15 heteroatoms. The molecule has 3 aliphatic heterocycles. The van der Waals surface area contributed by atoms with E-state index >= 15 is 8.78 Å². The third-order valence-electron chi connectivity index (χ3n) is 10.4. The quantitative estimate of drug-likeness (QED) is 0.209. The Bertz CT molecular complexity index is 2120. The topological polar surface area (TPSA) is 107 Å². The number of hydrogen-bond donors (Lipinski definition) is 1. The SMILES string of the molecule is C[C@@H]1CN(c2nc(OC[C@@]34CCCN3C[C@H](F)C4)nc3c(F)c(-c4ccc(F)c5sc(NC(=O)OC(C)(C)C)c(C#N)c45)c(Cl)cc23)[C@@H](C)CN1C. The summed E-state index contributed by atoms with van der Waals surface area (Å²) >= 11 is 7.79. The van der Waals surface area contributed by atoms with Gasteiger partial charge in [0.25, 0.3) is 0 Å². The van der Waals surface area contributed by atoms with Gasteiger partial charge in [-0.2, -0.15) is 15.2 Å². The van der Waals surface area contributed by atoms with Crippen LogP contribution in [-0.2, 0) is 4.74 Å². The number of rotatable bonds is 6. The Hall–Kier alpha value is -3.90. The lowest BCUT2D eigenvalue weighted by Crippen LogP contribution is -2.55. The van der Waals surface area contributed by atoms with E-state index in [0.717, 1.165) is 37.3 Å². The first-order valence-electron chi connectivity index (χ1n) is 17.4. The summed E-state index contributed by atoms with van der Waals surface area (Å²) in [7, 11) is 2.05. The number of alkyl halides is 1. The summed E-state index contributed by atoms with van der Waals surface area (Å²) in [4.78, 5) is 28.6. The van der Waals surface area contributed by atoms with E-state index < -0.39 is 35.0 Å². The Balaban J connectivity index is 1.38. The lowest BCUT2D eigenvalue weighted by atomic mass is 9.95. The molecule has 1 N–H and O–H groups in total. The lowest BCUT2D eigenvalue weighted by molar-refractivity contribution is 0.0636. The monoisotopic (exact) mass is 755 g/mol. The highest BCUT2D eigenvalue weighted by Gasteiger charge is 2.49. The van der Waals surface area contributed by atoms with Gasteiger partial charge in [-0.05, 0) is 78.7 Å². The molecule has 0 bridgehead atoms. The van der Waals surface area contributed by atoms with Gasteiger partial charge in [0.05, 0.1) is 20.8 Å². The largest absolute Gasteiger partial charge is 0.461 e. The van der Waals surface area contributed by atoms with Crippen molar-refractivity contribution in [3.63, 3.8) is 0 Å². The maximum absolute atomic E-state index is 17.3. The molecule has 3 aliphatic rings. The van der Waals surface area contributed by atoms with Gasteiger partial charge < -0.3 is 14.4 Å². The Morgan fingerprint density at radius 3 is 2.69 bits per heavy atom. The number of hydrogen-bond acceptors (Lipinski definition) is 10. The molecule has 0 spiro atoms. The van der Waals surface area contributed by atoms with Crippen LogP contribution >= 0.6 is 22.9 Å². The number of carbonyl (C=O) groups excluding carboxylic acids is 1. The predicted octanol–water partition coefficient (Wildman–Crippen LogP) is 8.15. The molecular formula is C37H41ClF3N7O3S. The number of amides is 1. The molecule has 3 fully saturated rings. The fourth-order valence-corrected chi connectivity index (χ4v) is 9.27. The summed E-state index contributed by atoms with van der Waals surface area (Å²) in [5.41, 5.74) is -1.37. The molecule has 1 amide bonds. The van der Waals surface area contributed by atoms with E-state index in [-0.39, 0.29) is 67.0 Å². The fourth-order valence-electron chi connectivity index (χ4n) is 7.90. The molecule has 0 radical (unpaired) electrons. The molecule has 52 heavy (non-hydrogen) atoms. The van der Waals surface area contributed by atoms with E-state index in [2.05, 4.69) is 52.0 Å². The van der Waals surface area contributed by atoms with Gasteiger partial charge in [0.1, 0.15) is 46.6 Å². The summed E-state index contributed by atoms with van der Waals surface area (Å²) < 4.78 is 58.9. The van der Waals surface area contributed by atoms with Crippen LogP contribution in [0.4, 0.5) is 28.8 Å². The van der Waals surface area contributed by atoms with Crippen LogP contribution in [0.1, 0.15) is 59.4 Å². The molecule has 2 aromatic heterocycles. The van der Waals surface area contributed by atoms with Gasteiger partial charge >= 0.3 is 12.1 Å². The van der Waals surface area contributed by atoms with E-state index in [4.69, 9.17) is 26.1 Å². The Labute approximate surface area is 309 Å². The highest BCUT2D eigenvalue weighted by Crippen LogP contribution is 2.47. The number of piperazine rings is 1. The van der Waals surface area contributed by atoms with Gasteiger partial charge in [-0.1, -0.05) is 17.7 Å². The number of nitriles is 1. The van der Waals surface area contributed by atoms with Crippen LogP contribution in [0.25, 0.3) is 32.1 Å². The van der Waals surface area contributed by atoms with E-state index in [9.17, 15) is 14.4 Å². The number of nitrogens with zero attached hydrogens (tertiary/aromatic N) is 6. The number of halogens is 4. The summed E-state index contributed by atoms with van der Waals surface area (Å²) in [5.74, 6) is -1.01. The summed E-state index contributed by atoms with van der Waals surface area (Å²) in [6.45, 7) is 11.9. The molecular weight excluding hydrogens is 715 g/mol. The minimum absolute atomic E-state index is 0.00317. The van der Waals surface area contributed by atoms with E-state index in [1.165, 1.54) is 12.1 Å². The van der Waals surface area contributed by atoms with Crippen LogP contribution in [0.5, 0.6) is 6.01 Å². The molecule has 0 unspecified atom stereocenters. The average molecular weight is 756 g/mol. The van der Waals surface area contributed by atoms with Crippen molar-refractivity contribution in [2.75, 3.05) is 50.1 Å². The summed E-state index contributed by atoms with van der Waals surface area (Å²) in [6.07, 6.45) is 0.289. The second-order valence-electron chi connectivity index (χ2n) is 15.3. The second-order valence-corrected chi connectivity index (χ2v) is 16.7. The number of nitrogens with one attached hydrogen (secondary N) is 1. The van der Waals surface area contributed by atoms with Crippen LogP contribution in [0.15, 0.2) is 18.2 Å². The number of fused-ring (bicyclic) bond motifs is 3. The number of thiophene rings is 1. The number of ether oxygens (including phenoxy) is 2. The van der Waals surface area contributed by atoms with Crippen LogP contribution in [0, 0.1) is 23.0 Å². The molecule has 7 rings (SSSR count). The maximum atomic E-state index is 17.3. The van der Waals surface area contributed by atoms with Crippen molar-refractivity contribution in [2.24, 2.45) is 0 Å². The van der Waals surface area contributed by atoms with Crippen molar-refractivity contribution in [1.82, 2.24) is 19.8 Å². The van der Waals surface area contributed by atoms with Crippen LogP contribution in [0.3, 0.4) is 0 Å². The first-order chi connectivity index (χ1) is 24.6. The van der Waals surface area contributed by atoms with E-state index in [1.54, 1.807) is 26.8 Å². The molecule has 276 valence electrons. The Morgan fingerprint density at radius 2 is 1.96 bits per heavy atom. The van der Waals surface area contributed by atoms with Gasteiger partial charge in [0, 0.05) is 54.5 Å². The van der Waals surface area contributed by atoms with Crippen molar-refractivity contribution in [3.05, 3.63) is 40.4 Å². The van der Waals surface area contributed by atoms with E-state index in [0.29, 0.717) is 30.7 Å². The Morgan fingerprint density at radius 1 is 1.19 bits per heavy atom. The normalized spacial score (nSPS) is 24.0. The molecule has 4 atom stereocenters. The Kier molecular flexibility index (Phi) is 9.47. The van der Waals surface area contributed by atoms with Gasteiger partial charge in [-0.25, -0.2) is 18.0 Å². The first-order valence-corrected chi connectivity index (χ1v) is 18.6. The molecule has 4 aromatic rings. The van der Waals surface area contributed by atoms with Gasteiger partial charge in [0.15, 0.2) is 5.82 Å². The van der Waals surface area contributed by atoms with Crippen molar-refractivity contribution < 1.29 is 27.4 Å². The van der Waals surface area contributed by atoms with Gasteiger partial charge in [0.2, 0.25) is 0 Å². The van der Waals surface area contributed by atoms with Crippen LogP contribution in [0.2, 0.25) is 5.02 Å². The third-order valence-corrected chi connectivity index (χ3v) is 11.8. The summed E-state index contributed by atoms with van der Waals surface area (Å²) in [5, 5.41) is 13.3. The molecule has 10 nitrogen and oxygen atoms in total. The van der Waals surface area contributed by atoms with Crippen molar-refractivity contribution in [1.29, 1.82) is 5.26 Å². The molecule has 0 saturated carbocycles. The molecule has 5 heterocycles. The van der Waals surface area contributed by atoms with Crippen molar-refractivity contribution >= 4 is 60.8 Å². The zero-order chi connectivity index (χ0) is 37.3. The lowest BCUT2D eigenvalue weighted by Gasteiger charge is -2.43. The van der Waals surface area contributed by atoms with Crippen LogP contribution < -0.4 is 15.0 Å².